The van der Waals surface area contributed by atoms with Gasteiger partial charge in [0.2, 0.25) is 5.91 Å². The molecule has 1 heterocycles. The predicted octanol–water partition coefficient (Wildman–Crippen LogP) is 3.28. The van der Waals surface area contributed by atoms with Gasteiger partial charge in [0, 0.05) is 32.8 Å². The number of nitrogens with two attached hydrogens (primary N) is 1. The lowest BCUT2D eigenvalue weighted by Gasteiger charge is -2.32. The van der Waals surface area contributed by atoms with Crippen LogP contribution in [0.3, 0.4) is 0 Å². The zero-order chi connectivity index (χ0) is 18.6. The largest absolute Gasteiger partial charge is 0.368 e. The molecule has 2 aromatic rings. The van der Waals surface area contributed by atoms with E-state index in [1.807, 2.05) is 43.8 Å². The SMILES string of the molecule is CC(C)C(C(N)=O)N(CCc1cn(C)cn1)Cc1cccc(Cl)c1Cl. The van der Waals surface area contributed by atoms with Crippen molar-refractivity contribution in [2.75, 3.05) is 6.54 Å². The van der Waals surface area contributed by atoms with E-state index in [1.54, 1.807) is 12.4 Å². The van der Waals surface area contributed by atoms with Crippen molar-refractivity contribution in [3.05, 3.63) is 52.0 Å². The van der Waals surface area contributed by atoms with Crippen molar-refractivity contribution in [1.29, 1.82) is 0 Å². The van der Waals surface area contributed by atoms with Crippen molar-refractivity contribution in [2.45, 2.75) is 32.9 Å². The molecular weight excluding hydrogens is 359 g/mol. The molecule has 0 aliphatic carbocycles. The van der Waals surface area contributed by atoms with Crippen LogP contribution in [0.15, 0.2) is 30.7 Å². The number of hydrogen-bond donors (Lipinski definition) is 1. The van der Waals surface area contributed by atoms with Crippen molar-refractivity contribution in [1.82, 2.24) is 14.5 Å². The number of benzene rings is 1. The van der Waals surface area contributed by atoms with E-state index < -0.39 is 6.04 Å². The van der Waals surface area contributed by atoms with Gasteiger partial charge in [0.1, 0.15) is 0 Å². The molecule has 0 bridgehead atoms. The number of imidazole rings is 1. The third-order valence-electron chi connectivity index (χ3n) is 4.13. The van der Waals surface area contributed by atoms with Crippen LogP contribution >= 0.6 is 23.2 Å². The van der Waals surface area contributed by atoms with Crippen LogP contribution in [0.1, 0.15) is 25.1 Å². The molecule has 136 valence electrons. The van der Waals surface area contributed by atoms with Crippen LogP contribution in [-0.2, 0) is 24.8 Å². The fourth-order valence-electron chi connectivity index (χ4n) is 2.99. The summed E-state index contributed by atoms with van der Waals surface area (Å²) >= 11 is 12.5. The minimum atomic E-state index is -0.390. The van der Waals surface area contributed by atoms with Gasteiger partial charge >= 0.3 is 0 Å². The van der Waals surface area contributed by atoms with Gasteiger partial charge in [0.15, 0.2) is 0 Å². The lowest BCUT2D eigenvalue weighted by Crippen LogP contribution is -2.48. The van der Waals surface area contributed by atoms with Crippen molar-refractivity contribution >= 4 is 29.1 Å². The van der Waals surface area contributed by atoms with Gasteiger partial charge in [-0.25, -0.2) is 4.98 Å². The van der Waals surface area contributed by atoms with E-state index in [9.17, 15) is 4.79 Å². The first-order valence-corrected chi connectivity index (χ1v) is 8.98. The van der Waals surface area contributed by atoms with Crippen LogP contribution in [0.25, 0.3) is 0 Å². The Kier molecular flexibility index (Phi) is 6.87. The normalized spacial score (nSPS) is 12.8. The summed E-state index contributed by atoms with van der Waals surface area (Å²) in [4.78, 5) is 18.4. The second kappa shape index (κ2) is 8.70. The van der Waals surface area contributed by atoms with Gasteiger partial charge in [-0.1, -0.05) is 49.2 Å². The lowest BCUT2D eigenvalue weighted by molar-refractivity contribution is -0.125. The van der Waals surface area contributed by atoms with Crippen LogP contribution in [0.5, 0.6) is 0 Å². The minimum absolute atomic E-state index is 0.0826. The van der Waals surface area contributed by atoms with Gasteiger partial charge in [-0.2, -0.15) is 0 Å². The van der Waals surface area contributed by atoms with E-state index in [0.717, 1.165) is 17.7 Å². The van der Waals surface area contributed by atoms with Crippen molar-refractivity contribution in [2.24, 2.45) is 18.7 Å². The number of rotatable bonds is 8. The molecule has 0 aliphatic rings. The number of primary amides is 1. The number of carbonyl (C=O) groups excluding carboxylic acids is 1. The van der Waals surface area contributed by atoms with Gasteiger partial charge in [-0.15, -0.1) is 0 Å². The Morgan fingerprint density at radius 2 is 2.08 bits per heavy atom. The summed E-state index contributed by atoms with van der Waals surface area (Å²) in [6.07, 6.45) is 4.45. The molecule has 2 rings (SSSR count). The molecule has 1 amide bonds. The molecule has 2 N–H and O–H groups in total. The maximum absolute atomic E-state index is 12.0. The van der Waals surface area contributed by atoms with E-state index >= 15 is 0 Å². The number of nitrogens with zero attached hydrogens (tertiary/aromatic N) is 3. The Morgan fingerprint density at radius 3 is 2.64 bits per heavy atom. The fraction of sp³-hybridized carbons (Fsp3) is 0.444. The smallest absolute Gasteiger partial charge is 0.235 e. The summed E-state index contributed by atoms with van der Waals surface area (Å²) in [5, 5.41) is 1.02. The van der Waals surface area contributed by atoms with Crippen LogP contribution < -0.4 is 5.73 Å². The van der Waals surface area contributed by atoms with Gasteiger partial charge in [0.25, 0.3) is 0 Å². The third kappa shape index (κ3) is 5.21. The highest BCUT2D eigenvalue weighted by atomic mass is 35.5. The molecule has 1 aromatic heterocycles. The van der Waals surface area contributed by atoms with E-state index in [4.69, 9.17) is 28.9 Å². The summed E-state index contributed by atoms with van der Waals surface area (Å²) in [5.74, 6) is -0.256. The van der Waals surface area contributed by atoms with Gasteiger partial charge in [-0.3, -0.25) is 9.69 Å². The Labute approximate surface area is 158 Å². The lowest BCUT2D eigenvalue weighted by atomic mass is 10.0. The first kappa shape index (κ1) is 19.8. The quantitative estimate of drug-likeness (QED) is 0.761. The van der Waals surface area contributed by atoms with Crippen LogP contribution in [0, 0.1) is 5.92 Å². The number of aryl methyl sites for hydroxylation is 1. The van der Waals surface area contributed by atoms with Crippen LogP contribution in [0.2, 0.25) is 10.0 Å². The molecule has 0 saturated heterocycles. The standard InChI is InChI=1S/C18H24Cl2N4O/c1-12(2)17(18(21)25)24(8-7-14-10-23(3)11-22-14)9-13-5-4-6-15(19)16(13)20/h4-6,10-12,17H,7-9H2,1-3H3,(H2,21,25). The fourth-order valence-corrected chi connectivity index (χ4v) is 3.37. The van der Waals surface area contributed by atoms with E-state index in [1.165, 1.54) is 0 Å². The van der Waals surface area contributed by atoms with Crippen molar-refractivity contribution in [3.63, 3.8) is 0 Å². The number of hydrogen-bond acceptors (Lipinski definition) is 3. The van der Waals surface area contributed by atoms with Crippen molar-refractivity contribution < 1.29 is 4.79 Å². The average molecular weight is 383 g/mol. The number of amides is 1. The molecular formula is C18H24Cl2N4O. The Morgan fingerprint density at radius 1 is 1.36 bits per heavy atom. The van der Waals surface area contributed by atoms with Crippen LogP contribution in [-0.4, -0.2) is 32.9 Å². The zero-order valence-electron chi connectivity index (χ0n) is 14.7. The third-order valence-corrected chi connectivity index (χ3v) is 4.99. The second-order valence-corrected chi connectivity index (χ2v) is 7.34. The molecule has 0 aliphatic heterocycles. The number of carbonyl (C=O) groups is 1. The van der Waals surface area contributed by atoms with Crippen LogP contribution in [0.4, 0.5) is 0 Å². The first-order valence-electron chi connectivity index (χ1n) is 8.22. The van der Waals surface area contributed by atoms with Gasteiger partial charge < -0.3 is 10.3 Å². The molecule has 0 fully saturated rings. The Hall–Kier alpha value is -1.56. The minimum Gasteiger partial charge on any atom is -0.368 e. The van der Waals surface area contributed by atoms with E-state index in [-0.39, 0.29) is 11.8 Å². The molecule has 0 spiro atoms. The predicted molar refractivity (Wildman–Crippen MR) is 102 cm³/mol. The number of aromatic nitrogens is 2. The first-order chi connectivity index (χ1) is 11.8. The second-order valence-electron chi connectivity index (χ2n) is 6.56. The summed E-state index contributed by atoms with van der Waals surface area (Å²) in [7, 11) is 1.93. The van der Waals surface area contributed by atoms with Gasteiger partial charge in [-0.05, 0) is 17.5 Å². The molecule has 0 radical (unpaired) electrons. The molecule has 7 heteroatoms. The van der Waals surface area contributed by atoms with E-state index in [2.05, 4.69) is 9.88 Å². The summed E-state index contributed by atoms with van der Waals surface area (Å²) < 4.78 is 1.90. The molecule has 5 nitrogen and oxygen atoms in total. The highest BCUT2D eigenvalue weighted by Gasteiger charge is 2.27. The monoisotopic (exact) mass is 382 g/mol. The maximum atomic E-state index is 12.0. The molecule has 0 saturated carbocycles. The molecule has 1 aromatic carbocycles. The summed E-state index contributed by atoms with van der Waals surface area (Å²) in [6, 6.07) is 5.13. The molecule has 1 atom stereocenters. The summed E-state index contributed by atoms with van der Waals surface area (Å²) in [5.41, 5.74) is 7.52. The highest BCUT2D eigenvalue weighted by Crippen LogP contribution is 2.27. The Bertz CT molecular complexity index is 730. The van der Waals surface area contributed by atoms with Crippen molar-refractivity contribution in [3.8, 4) is 0 Å². The molecule has 1 unspecified atom stereocenters. The topological polar surface area (TPSA) is 64.2 Å². The highest BCUT2D eigenvalue weighted by molar-refractivity contribution is 6.42. The maximum Gasteiger partial charge on any atom is 0.235 e. The number of halogens is 2. The molecule has 25 heavy (non-hydrogen) atoms. The van der Waals surface area contributed by atoms with Gasteiger partial charge in [0.05, 0.1) is 28.1 Å². The zero-order valence-corrected chi connectivity index (χ0v) is 16.3. The Balaban J connectivity index is 2.24. The average Bonchev–Trinajstić information content (AvgIpc) is 2.94. The summed E-state index contributed by atoms with van der Waals surface area (Å²) in [6.45, 7) is 5.12. The van der Waals surface area contributed by atoms with E-state index in [0.29, 0.717) is 23.1 Å².